The first-order valence-electron chi connectivity index (χ1n) is 13.5. The van der Waals surface area contributed by atoms with E-state index in [0.29, 0.717) is 11.1 Å². The van der Waals surface area contributed by atoms with Gasteiger partial charge in [0.2, 0.25) is 5.88 Å². The molecule has 0 amide bonds. The van der Waals surface area contributed by atoms with E-state index in [1.807, 2.05) is 48.5 Å². The number of fused-ring (bicyclic) bond motifs is 3. The Labute approximate surface area is 217 Å². The molecule has 0 saturated carbocycles. The van der Waals surface area contributed by atoms with E-state index in [1.165, 1.54) is 6.07 Å². The van der Waals surface area contributed by atoms with Crippen molar-refractivity contribution in [2.24, 2.45) is 0 Å². The minimum Gasteiger partial charge on any atom is -0.472 e. The molecule has 0 saturated heterocycles. The van der Waals surface area contributed by atoms with Crippen molar-refractivity contribution in [3.05, 3.63) is 126 Å². The minimum absolute atomic E-state index is 0. The molecule has 2 unspecified atom stereocenters. The zero-order chi connectivity index (χ0) is 27.7. The molecule has 6 rings (SSSR count). The summed E-state index contributed by atoms with van der Waals surface area (Å²) >= 11 is 0. The predicted molar refractivity (Wildman–Crippen MR) is 125 cm³/mol. The van der Waals surface area contributed by atoms with Gasteiger partial charge in [-0.2, -0.15) is 18.2 Å². The van der Waals surface area contributed by atoms with Gasteiger partial charge in [0.15, 0.2) is 0 Å². The molecule has 1 radical (unpaired) electrons. The van der Waals surface area contributed by atoms with Gasteiger partial charge in [-0.3, -0.25) is 0 Å². The van der Waals surface area contributed by atoms with Gasteiger partial charge in [0.1, 0.15) is 6.10 Å². The Morgan fingerprint density at radius 2 is 1.97 bits per heavy atom. The summed E-state index contributed by atoms with van der Waals surface area (Å²) in [6.07, 6.45) is 7.19. The molecule has 4 heterocycles. The average molecular weight is 615 g/mol. The SMILES string of the molecule is [2H]c1nc(C2=[C-]C=CC3c4ccc(C([2H])([2H])[2H])nc4OC23)c([2H])c([2H])c1[2H].[Ir].[c-]1ccccc1-c1ccccn1. The summed E-state index contributed by atoms with van der Waals surface area (Å²) in [6.45, 7) is -2.35. The largest absolute Gasteiger partial charge is 0.472 e. The van der Waals surface area contributed by atoms with Crippen LogP contribution >= 0.6 is 0 Å². The van der Waals surface area contributed by atoms with Crippen LogP contribution in [0.2, 0.25) is 0 Å². The van der Waals surface area contributed by atoms with Gasteiger partial charge >= 0.3 is 0 Å². The van der Waals surface area contributed by atoms with Crippen molar-refractivity contribution < 1.29 is 34.4 Å². The van der Waals surface area contributed by atoms with Crippen LogP contribution in [0.5, 0.6) is 5.88 Å². The summed E-state index contributed by atoms with van der Waals surface area (Å²) in [5, 5.41) is 0. The second-order valence-corrected chi connectivity index (χ2v) is 7.01. The van der Waals surface area contributed by atoms with E-state index in [2.05, 4.69) is 27.1 Å². The summed E-state index contributed by atoms with van der Waals surface area (Å²) in [6, 6.07) is 18.9. The molecule has 3 aromatic heterocycles. The molecule has 0 spiro atoms. The number of aryl methyl sites for hydroxylation is 1. The Hall–Kier alpha value is -3.40. The van der Waals surface area contributed by atoms with Crippen LogP contribution in [-0.4, -0.2) is 21.1 Å². The molecular weight excluding hydrogens is 587 g/mol. The molecule has 4 aromatic rings. The van der Waals surface area contributed by atoms with Gasteiger partial charge in [0, 0.05) is 53.8 Å². The number of benzene rings is 1. The summed E-state index contributed by atoms with van der Waals surface area (Å²) in [4.78, 5) is 12.3. The molecule has 0 fully saturated rings. The number of hydrogen-bond acceptors (Lipinski definition) is 4. The van der Waals surface area contributed by atoms with Gasteiger partial charge < -0.3 is 14.7 Å². The van der Waals surface area contributed by atoms with Crippen LogP contribution in [-0.2, 0) is 20.1 Å². The van der Waals surface area contributed by atoms with Crippen molar-refractivity contribution in [3.63, 3.8) is 0 Å². The Balaban J connectivity index is 0.000000238. The topological polar surface area (TPSA) is 47.9 Å². The first kappa shape index (κ1) is 15.4. The maximum atomic E-state index is 8.11. The van der Waals surface area contributed by atoms with E-state index in [-0.39, 0.29) is 55.4 Å². The second-order valence-electron chi connectivity index (χ2n) is 7.01. The molecule has 0 N–H and O–H groups in total. The number of ether oxygens (including phenoxy) is 1. The molecule has 1 aromatic carbocycles. The third kappa shape index (κ3) is 5.00. The minimum atomic E-state index is -2.35. The molecule has 2 atom stereocenters. The second kappa shape index (κ2) is 10.5. The maximum Gasteiger partial charge on any atom is 0.216 e. The van der Waals surface area contributed by atoms with Crippen LogP contribution in [0.15, 0.2) is 97.2 Å². The van der Waals surface area contributed by atoms with Crippen LogP contribution in [0.4, 0.5) is 0 Å². The molecular formula is C28H21IrN3O-2. The molecule has 1 aliphatic heterocycles. The number of pyridine rings is 3. The molecule has 1 aliphatic carbocycles. The molecule has 5 heteroatoms. The van der Waals surface area contributed by atoms with E-state index in [9.17, 15) is 0 Å². The summed E-state index contributed by atoms with van der Waals surface area (Å²) in [7, 11) is 0. The van der Waals surface area contributed by atoms with Gasteiger partial charge in [-0.1, -0.05) is 35.9 Å². The van der Waals surface area contributed by atoms with Gasteiger partial charge in [-0.25, -0.2) is 4.98 Å². The van der Waals surface area contributed by atoms with E-state index >= 15 is 0 Å². The van der Waals surface area contributed by atoms with Crippen molar-refractivity contribution in [3.8, 4) is 17.1 Å². The smallest absolute Gasteiger partial charge is 0.216 e. The summed E-state index contributed by atoms with van der Waals surface area (Å²) in [5.41, 5.74) is 3.09. The van der Waals surface area contributed by atoms with Gasteiger partial charge in [0.05, 0.1) is 5.48 Å². The van der Waals surface area contributed by atoms with Crippen molar-refractivity contribution in [1.82, 2.24) is 15.0 Å². The molecule has 2 aliphatic rings. The fourth-order valence-electron chi connectivity index (χ4n) is 3.56. The van der Waals surface area contributed by atoms with Crippen molar-refractivity contribution >= 4 is 5.57 Å². The predicted octanol–water partition coefficient (Wildman–Crippen LogP) is 5.63. The first-order valence-corrected chi connectivity index (χ1v) is 9.96. The maximum absolute atomic E-state index is 8.11. The molecule has 4 nitrogen and oxygen atoms in total. The Kier molecular flexibility index (Phi) is 4.90. The standard InChI is InChI=1S/C17H13N2O.C11H8N.Ir/c1-11-8-9-13-12-5-4-6-14(15-7-2-3-10-18-15)16(12)20-17(13)19-11;1-2-6-10(7-3-1)11-8-4-5-9-12-11;/h2-5,7-10,12,16H,1H3;1-6,8-9H;/q2*-1;/i1D3,2D,3D,7D,10D;;. The van der Waals surface area contributed by atoms with E-state index in [4.69, 9.17) is 14.3 Å². The Morgan fingerprint density at radius 1 is 1.03 bits per heavy atom. The monoisotopic (exact) mass is 615 g/mol. The van der Waals surface area contributed by atoms with Crippen LogP contribution in [0.25, 0.3) is 16.8 Å². The molecule has 33 heavy (non-hydrogen) atoms. The van der Waals surface area contributed by atoms with Crippen molar-refractivity contribution in [2.45, 2.75) is 18.9 Å². The quantitative estimate of drug-likeness (QED) is 0.275. The van der Waals surface area contributed by atoms with Gasteiger partial charge in [-0.15, -0.1) is 35.9 Å². The number of hydrogen-bond donors (Lipinski definition) is 0. The van der Waals surface area contributed by atoms with Crippen LogP contribution < -0.4 is 4.74 Å². The fraction of sp³-hybridized carbons (Fsp3) is 0.107. The average Bonchev–Trinajstić information content (AvgIpc) is 3.33. The summed E-state index contributed by atoms with van der Waals surface area (Å²) in [5.74, 6) is -0.0695. The number of rotatable bonds is 2. The zero-order valence-corrected chi connectivity index (χ0v) is 19.6. The third-order valence-electron chi connectivity index (χ3n) is 5.01. The number of allylic oxidation sites excluding steroid dienone is 2. The fourth-order valence-corrected chi connectivity index (χ4v) is 3.56. The van der Waals surface area contributed by atoms with Crippen LogP contribution in [0.3, 0.4) is 0 Å². The molecule has 0 bridgehead atoms. The van der Waals surface area contributed by atoms with E-state index in [0.717, 1.165) is 11.3 Å². The summed E-state index contributed by atoms with van der Waals surface area (Å²) < 4.78 is 59.7. The van der Waals surface area contributed by atoms with Crippen LogP contribution in [0.1, 0.15) is 32.5 Å². The van der Waals surface area contributed by atoms with Crippen molar-refractivity contribution in [2.75, 3.05) is 0 Å². The first-order chi connectivity index (χ1) is 18.6. The van der Waals surface area contributed by atoms with Gasteiger partial charge in [-0.05, 0) is 36.4 Å². The van der Waals surface area contributed by atoms with E-state index < -0.39 is 25.2 Å². The Bertz CT molecular complexity index is 1540. The van der Waals surface area contributed by atoms with Crippen LogP contribution in [0, 0.1) is 19.0 Å². The third-order valence-corrected chi connectivity index (χ3v) is 5.01. The zero-order valence-electron chi connectivity index (χ0n) is 24.2. The molecule has 165 valence electrons. The Morgan fingerprint density at radius 3 is 2.79 bits per heavy atom. The number of nitrogens with zero attached hydrogens (tertiary/aromatic N) is 3. The van der Waals surface area contributed by atoms with Gasteiger partial charge in [0.25, 0.3) is 0 Å². The normalized spacial score (nSPS) is 20.7. The number of aromatic nitrogens is 3. The van der Waals surface area contributed by atoms with Crippen molar-refractivity contribution in [1.29, 1.82) is 0 Å². The van der Waals surface area contributed by atoms with E-state index in [1.54, 1.807) is 18.3 Å².